The van der Waals surface area contributed by atoms with E-state index in [1.807, 2.05) is 20.8 Å². The van der Waals surface area contributed by atoms with Crippen LogP contribution in [0.2, 0.25) is 0 Å². The maximum Gasteiger partial charge on any atom is 0.233 e. The summed E-state index contributed by atoms with van der Waals surface area (Å²) in [6, 6.07) is 6.46. The molecular formula is C20H27FN4OS. The highest BCUT2D eigenvalue weighted by molar-refractivity contribution is 8.00. The lowest BCUT2D eigenvalue weighted by Crippen LogP contribution is -2.33. The standard InChI is InChI=1S/C20H27FN4OS/c1-13(16-9-11-17(21)12-10-16)22-19(26)14(2)27-20-24-23-15(3)25(20)18-7-5-4-6-8-18/h9-14,18H,4-8H2,1-3H3,(H,22,26)/t13-,14-/m0/s1. The zero-order valence-corrected chi connectivity index (χ0v) is 16.9. The molecule has 1 N–H and O–H groups in total. The average molecular weight is 391 g/mol. The van der Waals surface area contributed by atoms with Crippen molar-refractivity contribution in [3.8, 4) is 0 Å². The maximum atomic E-state index is 13.1. The number of nitrogens with zero attached hydrogens (tertiary/aromatic N) is 3. The Kier molecular flexibility index (Phi) is 6.52. The van der Waals surface area contributed by atoms with Crippen LogP contribution in [0.5, 0.6) is 0 Å². The van der Waals surface area contributed by atoms with E-state index in [-0.39, 0.29) is 23.0 Å². The highest BCUT2D eigenvalue weighted by Crippen LogP contribution is 2.33. The lowest BCUT2D eigenvalue weighted by atomic mass is 9.95. The van der Waals surface area contributed by atoms with Crippen LogP contribution in [0.4, 0.5) is 4.39 Å². The van der Waals surface area contributed by atoms with Crippen molar-refractivity contribution in [3.05, 3.63) is 41.5 Å². The number of carbonyl (C=O) groups is 1. The molecule has 27 heavy (non-hydrogen) atoms. The van der Waals surface area contributed by atoms with Crippen molar-refractivity contribution in [1.29, 1.82) is 0 Å². The SMILES string of the molecule is Cc1nnc(S[C@@H](C)C(=O)N[C@@H](C)c2ccc(F)cc2)n1C1CCCCC1. The zero-order valence-electron chi connectivity index (χ0n) is 16.1. The van der Waals surface area contributed by atoms with Gasteiger partial charge in [0.05, 0.1) is 11.3 Å². The van der Waals surface area contributed by atoms with Gasteiger partial charge in [-0.05, 0) is 51.3 Å². The van der Waals surface area contributed by atoms with Gasteiger partial charge in [-0.2, -0.15) is 0 Å². The van der Waals surface area contributed by atoms with Crippen LogP contribution in [0.25, 0.3) is 0 Å². The van der Waals surface area contributed by atoms with E-state index in [0.717, 1.165) is 29.4 Å². The van der Waals surface area contributed by atoms with Gasteiger partial charge in [0.2, 0.25) is 5.91 Å². The molecule has 1 saturated carbocycles. The summed E-state index contributed by atoms with van der Waals surface area (Å²) in [5.74, 6) is 0.572. The van der Waals surface area contributed by atoms with Crippen LogP contribution in [0.15, 0.2) is 29.4 Å². The van der Waals surface area contributed by atoms with Gasteiger partial charge in [0, 0.05) is 6.04 Å². The summed E-state index contributed by atoms with van der Waals surface area (Å²) in [4.78, 5) is 12.6. The van der Waals surface area contributed by atoms with E-state index < -0.39 is 0 Å². The van der Waals surface area contributed by atoms with E-state index in [4.69, 9.17) is 0 Å². The second-order valence-electron chi connectivity index (χ2n) is 7.23. The van der Waals surface area contributed by atoms with Crippen molar-refractivity contribution in [2.75, 3.05) is 0 Å². The highest BCUT2D eigenvalue weighted by Gasteiger charge is 2.25. The number of nitrogens with one attached hydrogen (secondary N) is 1. The number of carbonyl (C=O) groups excluding carboxylic acids is 1. The monoisotopic (exact) mass is 390 g/mol. The van der Waals surface area contributed by atoms with Gasteiger partial charge in [-0.15, -0.1) is 10.2 Å². The number of aromatic nitrogens is 3. The van der Waals surface area contributed by atoms with Gasteiger partial charge in [-0.3, -0.25) is 4.79 Å². The van der Waals surface area contributed by atoms with Gasteiger partial charge in [-0.1, -0.05) is 43.2 Å². The average Bonchev–Trinajstić information content (AvgIpc) is 3.03. The third-order valence-corrected chi connectivity index (χ3v) is 6.21. The lowest BCUT2D eigenvalue weighted by molar-refractivity contribution is -0.120. The molecule has 0 spiro atoms. The first-order valence-electron chi connectivity index (χ1n) is 9.59. The molecule has 1 heterocycles. The zero-order chi connectivity index (χ0) is 19.4. The molecule has 2 atom stereocenters. The van der Waals surface area contributed by atoms with E-state index in [9.17, 15) is 9.18 Å². The molecule has 7 heteroatoms. The molecule has 3 rings (SSSR count). The van der Waals surface area contributed by atoms with Crippen molar-refractivity contribution in [1.82, 2.24) is 20.1 Å². The van der Waals surface area contributed by atoms with Gasteiger partial charge in [0.15, 0.2) is 5.16 Å². The smallest absolute Gasteiger partial charge is 0.233 e. The molecule has 1 aromatic heterocycles. The summed E-state index contributed by atoms with van der Waals surface area (Å²) < 4.78 is 15.3. The number of amides is 1. The minimum atomic E-state index is -0.293. The van der Waals surface area contributed by atoms with Crippen LogP contribution in [-0.4, -0.2) is 25.9 Å². The van der Waals surface area contributed by atoms with Gasteiger partial charge < -0.3 is 9.88 Å². The van der Waals surface area contributed by atoms with E-state index in [0.29, 0.717) is 6.04 Å². The Hall–Kier alpha value is -1.89. The Bertz CT molecular complexity index is 771. The van der Waals surface area contributed by atoms with Crippen LogP contribution >= 0.6 is 11.8 Å². The Morgan fingerprint density at radius 2 is 1.85 bits per heavy atom. The molecule has 0 bridgehead atoms. The van der Waals surface area contributed by atoms with E-state index in [1.165, 1.54) is 43.2 Å². The Morgan fingerprint density at radius 1 is 1.19 bits per heavy atom. The number of rotatable bonds is 6. The molecule has 1 aromatic carbocycles. The van der Waals surface area contributed by atoms with Gasteiger partial charge in [0.25, 0.3) is 0 Å². The van der Waals surface area contributed by atoms with Crippen LogP contribution in [-0.2, 0) is 4.79 Å². The fourth-order valence-electron chi connectivity index (χ4n) is 3.57. The number of halogens is 1. The minimum Gasteiger partial charge on any atom is -0.349 e. The van der Waals surface area contributed by atoms with E-state index >= 15 is 0 Å². The van der Waals surface area contributed by atoms with Crippen LogP contribution in [0.1, 0.15) is 69.4 Å². The summed E-state index contributed by atoms with van der Waals surface area (Å²) in [5, 5.41) is 12.1. The molecule has 5 nitrogen and oxygen atoms in total. The molecule has 1 amide bonds. The Balaban J connectivity index is 1.63. The van der Waals surface area contributed by atoms with Crippen molar-refractivity contribution < 1.29 is 9.18 Å². The largest absolute Gasteiger partial charge is 0.349 e. The Labute approximate surface area is 164 Å². The fraction of sp³-hybridized carbons (Fsp3) is 0.550. The summed E-state index contributed by atoms with van der Waals surface area (Å²) >= 11 is 1.45. The molecule has 0 aliphatic heterocycles. The van der Waals surface area contributed by atoms with Crippen LogP contribution in [0.3, 0.4) is 0 Å². The van der Waals surface area contributed by atoms with Crippen molar-refractivity contribution in [2.24, 2.45) is 0 Å². The van der Waals surface area contributed by atoms with Crippen molar-refractivity contribution >= 4 is 17.7 Å². The van der Waals surface area contributed by atoms with Gasteiger partial charge in [0.1, 0.15) is 11.6 Å². The van der Waals surface area contributed by atoms with Crippen LogP contribution < -0.4 is 5.32 Å². The summed E-state index contributed by atoms with van der Waals surface area (Å²) in [5.41, 5.74) is 0.878. The van der Waals surface area contributed by atoms with E-state index in [2.05, 4.69) is 20.1 Å². The number of thioether (sulfide) groups is 1. The predicted octanol–water partition coefficient (Wildman–Crippen LogP) is 4.59. The van der Waals surface area contributed by atoms with E-state index in [1.54, 1.807) is 12.1 Å². The molecule has 0 saturated heterocycles. The van der Waals surface area contributed by atoms with Crippen molar-refractivity contribution in [2.45, 2.75) is 75.4 Å². The molecule has 1 fully saturated rings. The summed E-state index contributed by atoms with van der Waals surface area (Å²) in [7, 11) is 0. The number of hydrogen-bond acceptors (Lipinski definition) is 4. The molecule has 1 aliphatic rings. The number of hydrogen-bond donors (Lipinski definition) is 1. The first-order valence-corrected chi connectivity index (χ1v) is 10.5. The molecule has 2 aromatic rings. The lowest BCUT2D eigenvalue weighted by Gasteiger charge is -2.25. The second-order valence-corrected chi connectivity index (χ2v) is 8.54. The van der Waals surface area contributed by atoms with Gasteiger partial charge >= 0.3 is 0 Å². The fourth-order valence-corrected chi connectivity index (χ4v) is 4.54. The maximum absolute atomic E-state index is 13.1. The van der Waals surface area contributed by atoms with Crippen molar-refractivity contribution in [3.63, 3.8) is 0 Å². The normalized spacial score (nSPS) is 17.5. The second kappa shape index (κ2) is 8.87. The molecule has 0 unspecified atom stereocenters. The first kappa shape index (κ1) is 19.9. The molecule has 1 aliphatic carbocycles. The minimum absolute atomic E-state index is 0.0623. The molecular weight excluding hydrogens is 363 g/mol. The third-order valence-electron chi connectivity index (χ3n) is 5.16. The topological polar surface area (TPSA) is 59.8 Å². The quantitative estimate of drug-likeness (QED) is 0.733. The third kappa shape index (κ3) is 4.89. The summed E-state index contributed by atoms with van der Waals surface area (Å²) in [6.07, 6.45) is 6.05. The summed E-state index contributed by atoms with van der Waals surface area (Å²) in [6.45, 7) is 5.76. The predicted molar refractivity (Wildman–Crippen MR) is 105 cm³/mol. The van der Waals surface area contributed by atoms with Crippen LogP contribution in [0, 0.1) is 12.7 Å². The van der Waals surface area contributed by atoms with Gasteiger partial charge in [-0.25, -0.2) is 4.39 Å². The number of benzene rings is 1. The molecule has 0 radical (unpaired) electrons. The number of aryl methyl sites for hydroxylation is 1. The Morgan fingerprint density at radius 3 is 2.52 bits per heavy atom. The molecule has 146 valence electrons. The highest BCUT2D eigenvalue weighted by atomic mass is 32.2. The first-order chi connectivity index (χ1) is 13.0.